The molecule has 1 aromatic heterocycles. The average Bonchev–Trinajstić information content (AvgIpc) is 2.70. The van der Waals surface area contributed by atoms with Crippen LogP contribution in [0.25, 0.3) is 11.0 Å². The summed E-state index contributed by atoms with van der Waals surface area (Å²) in [5, 5.41) is 3.79. The Morgan fingerprint density at radius 3 is 2.63 bits per heavy atom. The summed E-state index contributed by atoms with van der Waals surface area (Å²) in [7, 11) is 0. The van der Waals surface area contributed by atoms with Crippen LogP contribution in [0, 0.1) is 5.41 Å². The summed E-state index contributed by atoms with van der Waals surface area (Å²) in [4.78, 5) is 12.1. The number of hydrogen-bond donors (Lipinski definition) is 2. The number of nitrogen functional groups attached to an aromatic ring is 1. The molecule has 3 N–H and O–H groups in total. The lowest BCUT2D eigenvalue weighted by atomic mass is 9.88. The van der Waals surface area contributed by atoms with Gasteiger partial charge < -0.3 is 15.5 Å². The molecular weight excluding hydrogens is 240 g/mol. The normalized spacial score (nSPS) is 13.5. The van der Waals surface area contributed by atoms with Gasteiger partial charge in [-0.2, -0.15) is 0 Å². The molecule has 4 heteroatoms. The molecule has 0 radical (unpaired) electrons. The van der Waals surface area contributed by atoms with Gasteiger partial charge in [0.05, 0.1) is 0 Å². The summed E-state index contributed by atoms with van der Waals surface area (Å²) in [6.07, 6.45) is 0. The van der Waals surface area contributed by atoms with Crippen LogP contribution in [-0.4, -0.2) is 11.9 Å². The number of fused-ring (bicyclic) bond motifs is 1. The number of amides is 1. The first-order chi connectivity index (χ1) is 8.77. The molecule has 0 aliphatic heterocycles. The molecule has 0 aliphatic carbocycles. The van der Waals surface area contributed by atoms with Crippen molar-refractivity contribution in [3.8, 4) is 0 Å². The van der Waals surface area contributed by atoms with E-state index in [2.05, 4.69) is 26.1 Å². The number of nitrogens with two attached hydrogens (primary N) is 1. The van der Waals surface area contributed by atoms with Gasteiger partial charge in [0, 0.05) is 17.1 Å². The van der Waals surface area contributed by atoms with Gasteiger partial charge in [-0.15, -0.1) is 0 Å². The van der Waals surface area contributed by atoms with Crippen LogP contribution in [-0.2, 0) is 0 Å². The molecule has 0 saturated carbocycles. The Kier molecular flexibility index (Phi) is 3.27. The van der Waals surface area contributed by atoms with Crippen molar-refractivity contribution in [1.29, 1.82) is 0 Å². The molecule has 1 unspecified atom stereocenters. The highest BCUT2D eigenvalue weighted by Crippen LogP contribution is 2.23. The van der Waals surface area contributed by atoms with Crippen LogP contribution in [0.1, 0.15) is 38.2 Å². The Morgan fingerprint density at radius 1 is 1.32 bits per heavy atom. The van der Waals surface area contributed by atoms with Crippen LogP contribution in [0.2, 0.25) is 0 Å². The second kappa shape index (κ2) is 4.61. The molecule has 1 heterocycles. The number of furan rings is 1. The van der Waals surface area contributed by atoms with Crippen LogP contribution < -0.4 is 11.1 Å². The summed E-state index contributed by atoms with van der Waals surface area (Å²) in [6.45, 7) is 8.23. The lowest BCUT2D eigenvalue weighted by Gasteiger charge is -2.27. The van der Waals surface area contributed by atoms with E-state index in [0.717, 1.165) is 5.39 Å². The maximum atomic E-state index is 12.1. The molecule has 4 nitrogen and oxygen atoms in total. The quantitative estimate of drug-likeness (QED) is 0.815. The van der Waals surface area contributed by atoms with Crippen LogP contribution >= 0.6 is 0 Å². The van der Waals surface area contributed by atoms with Crippen molar-refractivity contribution >= 4 is 22.6 Å². The van der Waals surface area contributed by atoms with Crippen molar-refractivity contribution in [3.63, 3.8) is 0 Å². The van der Waals surface area contributed by atoms with Crippen molar-refractivity contribution < 1.29 is 9.21 Å². The first-order valence-electron chi connectivity index (χ1n) is 6.37. The highest BCUT2D eigenvalue weighted by molar-refractivity contribution is 5.96. The van der Waals surface area contributed by atoms with Gasteiger partial charge in [0.25, 0.3) is 5.91 Å². The molecule has 102 valence electrons. The smallest absolute Gasteiger partial charge is 0.287 e. The van der Waals surface area contributed by atoms with Gasteiger partial charge in [0.15, 0.2) is 5.76 Å². The molecule has 19 heavy (non-hydrogen) atoms. The number of carbonyl (C=O) groups excluding carboxylic acids is 1. The van der Waals surface area contributed by atoms with Gasteiger partial charge in [0.1, 0.15) is 5.58 Å². The lowest BCUT2D eigenvalue weighted by Crippen LogP contribution is -2.41. The minimum Gasteiger partial charge on any atom is -0.451 e. The zero-order valence-electron chi connectivity index (χ0n) is 11.8. The Hall–Kier alpha value is -1.97. The van der Waals surface area contributed by atoms with Gasteiger partial charge in [-0.25, -0.2) is 0 Å². The van der Waals surface area contributed by atoms with E-state index in [1.165, 1.54) is 0 Å². The van der Waals surface area contributed by atoms with Crippen LogP contribution in [0.5, 0.6) is 0 Å². The zero-order valence-corrected chi connectivity index (χ0v) is 11.8. The van der Waals surface area contributed by atoms with E-state index < -0.39 is 0 Å². The zero-order chi connectivity index (χ0) is 14.2. The number of anilines is 1. The van der Waals surface area contributed by atoms with Gasteiger partial charge in [0.2, 0.25) is 0 Å². The largest absolute Gasteiger partial charge is 0.451 e. The predicted octanol–water partition coefficient (Wildman–Crippen LogP) is 3.18. The molecule has 0 fully saturated rings. The average molecular weight is 260 g/mol. The molecule has 1 atom stereocenters. The molecule has 0 bridgehead atoms. The Morgan fingerprint density at radius 2 is 2.00 bits per heavy atom. The van der Waals surface area contributed by atoms with E-state index in [0.29, 0.717) is 17.0 Å². The number of rotatable bonds is 2. The van der Waals surface area contributed by atoms with E-state index in [1.807, 2.05) is 6.92 Å². The minimum absolute atomic E-state index is 0.00606. The molecule has 0 spiro atoms. The van der Waals surface area contributed by atoms with Crippen molar-refractivity contribution in [2.45, 2.75) is 33.7 Å². The fourth-order valence-corrected chi connectivity index (χ4v) is 1.66. The molecule has 2 aromatic rings. The van der Waals surface area contributed by atoms with E-state index in [-0.39, 0.29) is 17.4 Å². The SMILES string of the molecule is CC(NC(=O)c1cc2cc(N)ccc2o1)C(C)(C)C. The number of nitrogens with one attached hydrogen (secondary N) is 1. The molecule has 0 aliphatic rings. The number of hydrogen-bond acceptors (Lipinski definition) is 3. The van der Waals surface area contributed by atoms with E-state index in [4.69, 9.17) is 10.2 Å². The fraction of sp³-hybridized carbons (Fsp3) is 0.400. The summed E-state index contributed by atoms with van der Waals surface area (Å²) in [5.74, 6) is 0.119. The fourth-order valence-electron chi connectivity index (χ4n) is 1.66. The Balaban J connectivity index is 2.22. The van der Waals surface area contributed by atoms with E-state index in [9.17, 15) is 4.79 Å². The second-order valence-corrected chi connectivity index (χ2v) is 5.97. The second-order valence-electron chi connectivity index (χ2n) is 5.97. The highest BCUT2D eigenvalue weighted by Gasteiger charge is 2.23. The molecule has 2 rings (SSSR count). The highest BCUT2D eigenvalue weighted by atomic mass is 16.3. The summed E-state index contributed by atoms with van der Waals surface area (Å²) < 4.78 is 5.53. The van der Waals surface area contributed by atoms with Gasteiger partial charge in [-0.1, -0.05) is 20.8 Å². The maximum absolute atomic E-state index is 12.1. The topological polar surface area (TPSA) is 68.3 Å². The molecular formula is C15H20N2O2. The van der Waals surface area contributed by atoms with Crippen LogP contribution in [0.3, 0.4) is 0 Å². The maximum Gasteiger partial charge on any atom is 0.287 e. The first kappa shape index (κ1) is 13.5. The number of benzene rings is 1. The van der Waals surface area contributed by atoms with E-state index >= 15 is 0 Å². The van der Waals surface area contributed by atoms with E-state index in [1.54, 1.807) is 24.3 Å². The standard InChI is InChI=1S/C15H20N2O2/c1-9(15(2,3)4)17-14(18)13-8-10-7-11(16)5-6-12(10)19-13/h5-9H,16H2,1-4H3,(H,17,18). The van der Waals surface area contributed by atoms with Crippen LogP contribution in [0.15, 0.2) is 28.7 Å². The van der Waals surface area contributed by atoms with Crippen molar-refractivity contribution in [2.75, 3.05) is 5.73 Å². The Bertz CT molecular complexity index is 608. The predicted molar refractivity (Wildman–Crippen MR) is 77.0 cm³/mol. The van der Waals surface area contributed by atoms with Crippen molar-refractivity contribution in [3.05, 3.63) is 30.0 Å². The van der Waals surface area contributed by atoms with Gasteiger partial charge >= 0.3 is 0 Å². The third-order valence-corrected chi connectivity index (χ3v) is 3.41. The van der Waals surface area contributed by atoms with Gasteiger partial charge in [-0.05, 0) is 36.6 Å². The molecule has 0 saturated heterocycles. The third-order valence-electron chi connectivity index (χ3n) is 3.41. The number of carbonyl (C=O) groups is 1. The van der Waals surface area contributed by atoms with Gasteiger partial charge in [-0.3, -0.25) is 4.79 Å². The summed E-state index contributed by atoms with van der Waals surface area (Å²) in [5.41, 5.74) is 7.04. The summed E-state index contributed by atoms with van der Waals surface area (Å²) in [6, 6.07) is 7.09. The van der Waals surface area contributed by atoms with Crippen molar-refractivity contribution in [2.24, 2.45) is 5.41 Å². The van der Waals surface area contributed by atoms with Crippen LogP contribution in [0.4, 0.5) is 5.69 Å². The van der Waals surface area contributed by atoms with Crippen molar-refractivity contribution in [1.82, 2.24) is 5.32 Å². The first-order valence-corrected chi connectivity index (χ1v) is 6.37. The lowest BCUT2D eigenvalue weighted by molar-refractivity contribution is 0.0884. The monoisotopic (exact) mass is 260 g/mol. The molecule has 1 aromatic carbocycles. The Labute approximate surface area is 113 Å². The minimum atomic E-state index is -0.197. The summed E-state index contributed by atoms with van der Waals surface area (Å²) >= 11 is 0. The molecule has 1 amide bonds. The third kappa shape index (κ3) is 2.89.